The van der Waals surface area contributed by atoms with Gasteiger partial charge in [0.15, 0.2) is 0 Å². The molecular weight excluding hydrogens is 350 g/mol. The Morgan fingerprint density at radius 1 is 1.54 bits per heavy atom. The van der Waals surface area contributed by atoms with Gasteiger partial charge >= 0.3 is 5.97 Å². The van der Waals surface area contributed by atoms with Gasteiger partial charge in [-0.1, -0.05) is 24.0 Å². The minimum absolute atomic E-state index is 0.246. The Balaban J connectivity index is 1.84. The van der Waals surface area contributed by atoms with E-state index in [4.69, 9.17) is 26.8 Å². The zero-order chi connectivity index (χ0) is 17.3. The summed E-state index contributed by atoms with van der Waals surface area (Å²) in [6.07, 6.45) is 3.61. The molecule has 1 aromatic carbocycles. The normalized spacial score (nSPS) is 18.3. The van der Waals surface area contributed by atoms with Crippen molar-refractivity contribution in [2.75, 3.05) is 20.3 Å². The highest BCUT2D eigenvalue weighted by molar-refractivity contribution is 8.26. The molecule has 24 heavy (non-hydrogen) atoms. The van der Waals surface area contributed by atoms with E-state index in [2.05, 4.69) is 0 Å². The van der Waals surface area contributed by atoms with Crippen LogP contribution in [-0.2, 0) is 9.59 Å². The van der Waals surface area contributed by atoms with Crippen molar-refractivity contribution >= 4 is 46.3 Å². The molecule has 0 aliphatic carbocycles. The maximum absolute atomic E-state index is 12.3. The van der Waals surface area contributed by atoms with Gasteiger partial charge in [0.2, 0.25) is 0 Å². The molecule has 3 rings (SSSR count). The summed E-state index contributed by atoms with van der Waals surface area (Å²) >= 11 is 6.16. The van der Waals surface area contributed by atoms with Crippen molar-refractivity contribution < 1.29 is 24.2 Å². The quantitative estimate of drug-likeness (QED) is 0.650. The van der Waals surface area contributed by atoms with Gasteiger partial charge in [0.05, 0.1) is 12.0 Å². The topological polar surface area (TPSA) is 76.1 Å². The van der Waals surface area contributed by atoms with E-state index in [9.17, 15) is 9.59 Å². The highest BCUT2D eigenvalue weighted by Gasteiger charge is 2.33. The van der Waals surface area contributed by atoms with Crippen molar-refractivity contribution in [1.82, 2.24) is 4.90 Å². The summed E-state index contributed by atoms with van der Waals surface area (Å²) in [6, 6.07) is 5.50. The van der Waals surface area contributed by atoms with Gasteiger partial charge in [0.25, 0.3) is 5.91 Å². The van der Waals surface area contributed by atoms with Gasteiger partial charge < -0.3 is 14.6 Å². The third-order valence-electron chi connectivity index (χ3n) is 3.44. The van der Waals surface area contributed by atoms with Crippen LogP contribution in [0.2, 0.25) is 0 Å². The maximum Gasteiger partial charge on any atom is 0.323 e. The van der Waals surface area contributed by atoms with Gasteiger partial charge in [-0.25, -0.2) is 0 Å². The molecule has 0 unspecified atom stereocenters. The lowest BCUT2D eigenvalue weighted by Gasteiger charge is -2.17. The van der Waals surface area contributed by atoms with Crippen molar-refractivity contribution in [3.05, 3.63) is 40.3 Å². The molecule has 0 bridgehead atoms. The fourth-order valence-electron chi connectivity index (χ4n) is 2.31. The van der Waals surface area contributed by atoms with E-state index in [1.807, 2.05) is 18.2 Å². The Labute approximate surface area is 147 Å². The number of thiocarbonyl (C=S) groups is 1. The first kappa shape index (κ1) is 16.5. The number of hydrogen-bond donors (Lipinski definition) is 1. The maximum atomic E-state index is 12.3. The van der Waals surface area contributed by atoms with E-state index in [0.717, 1.165) is 27.8 Å². The number of carbonyl (C=O) groups is 2. The molecule has 1 amide bonds. The first-order valence-electron chi connectivity index (χ1n) is 6.96. The number of ether oxygens (including phenoxy) is 2. The molecule has 1 N–H and O–H groups in total. The summed E-state index contributed by atoms with van der Waals surface area (Å²) in [5.74, 6) is -0.0745. The van der Waals surface area contributed by atoms with Gasteiger partial charge in [0.1, 0.15) is 29.0 Å². The lowest BCUT2D eigenvalue weighted by Crippen LogP contribution is -2.33. The third kappa shape index (κ3) is 3.29. The van der Waals surface area contributed by atoms with E-state index in [-0.39, 0.29) is 4.32 Å². The van der Waals surface area contributed by atoms with Crippen LogP contribution in [0.15, 0.2) is 34.8 Å². The predicted molar refractivity (Wildman–Crippen MR) is 94.1 cm³/mol. The number of fused-ring (bicyclic) bond motifs is 1. The summed E-state index contributed by atoms with van der Waals surface area (Å²) in [5.41, 5.74) is 1.69. The first-order chi connectivity index (χ1) is 11.5. The van der Waals surface area contributed by atoms with Crippen LogP contribution in [0, 0.1) is 0 Å². The Morgan fingerprint density at radius 3 is 3.04 bits per heavy atom. The van der Waals surface area contributed by atoms with Crippen LogP contribution in [0.1, 0.15) is 5.56 Å². The summed E-state index contributed by atoms with van der Waals surface area (Å²) in [6.45, 7) is -0.122. The number of amides is 1. The van der Waals surface area contributed by atoms with Crippen LogP contribution in [0.3, 0.4) is 0 Å². The number of aliphatic carboxylic acids is 1. The molecule has 124 valence electrons. The van der Waals surface area contributed by atoms with Gasteiger partial charge in [0, 0.05) is 11.6 Å². The summed E-state index contributed by atoms with van der Waals surface area (Å²) in [4.78, 5) is 24.5. The number of carboxylic acid groups (broad SMARTS) is 1. The van der Waals surface area contributed by atoms with E-state index in [1.54, 1.807) is 19.3 Å². The van der Waals surface area contributed by atoms with Crippen molar-refractivity contribution in [2.24, 2.45) is 0 Å². The zero-order valence-corrected chi connectivity index (χ0v) is 14.3. The fourth-order valence-corrected chi connectivity index (χ4v) is 3.58. The molecule has 0 aromatic heterocycles. The van der Waals surface area contributed by atoms with Gasteiger partial charge in [-0.2, -0.15) is 0 Å². The van der Waals surface area contributed by atoms with E-state index in [0.29, 0.717) is 23.0 Å². The van der Waals surface area contributed by atoms with E-state index < -0.39 is 18.4 Å². The van der Waals surface area contributed by atoms with Crippen molar-refractivity contribution in [3.8, 4) is 11.5 Å². The number of methoxy groups -OCH3 is 1. The average molecular weight is 363 g/mol. The molecular formula is C16H13NO5S2. The SMILES string of the molecule is COc1ccc2c(c1)OCC(/C=C1\SC(=S)N(CC(=O)O)C1=O)=C2. The monoisotopic (exact) mass is 363 g/mol. The van der Waals surface area contributed by atoms with Crippen LogP contribution in [0.4, 0.5) is 0 Å². The molecule has 0 radical (unpaired) electrons. The number of hydrogen-bond acceptors (Lipinski definition) is 6. The largest absolute Gasteiger partial charge is 0.497 e. The number of carbonyl (C=O) groups excluding carboxylic acids is 1. The third-order valence-corrected chi connectivity index (χ3v) is 4.82. The Bertz CT molecular complexity index is 800. The fraction of sp³-hybridized carbons (Fsp3) is 0.188. The second-order valence-electron chi connectivity index (χ2n) is 5.07. The number of carboxylic acids is 1. The van der Waals surface area contributed by atoms with E-state index >= 15 is 0 Å². The second kappa shape index (κ2) is 6.66. The molecule has 1 saturated heterocycles. The Hall–Kier alpha value is -2.32. The van der Waals surface area contributed by atoms with Gasteiger partial charge in [-0.3, -0.25) is 14.5 Å². The molecule has 6 nitrogen and oxygen atoms in total. The van der Waals surface area contributed by atoms with Crippen LogP contribution in [0.5, 0.6) is 11.5 Å². The highest BCUT2D eigenvalue weighted by atomic mass is 32.2. The summed E-state index contributed by atoms with van der Waals surface area (Å²) in [5, 5.41) is 8.85. The summed E-state index contributed by atoms with van der Waals surface area (Å²) in [7, 11) is 1.59. The zero-order valence-electron chi connectivity index (χ0n) is 12.6. The van der Waals surface area contributed by atoms with Crippen molar-refractivity contribution in [1.29, 1.82) is 0 Å². The highest BCUT2D eigenvalue weighted by Crippen LogP contribution is 2.34. The standard InChI is InChI=1S/C16H13NO5S2/c1-21-11-3-2-10-4-9(8-22-12(10)6-11)5-13-15(20)17(7-14(18)19)16(23)24-13/h2-6H,7-8H2,1H3,(H,18,19)/b13-5-. The molecule has 0 spiro atoms. The number of nitrogens with zero attached hydrogens (tertiary/aromatic N) is 1. The average Bonchev–Trinajstić information content (AvgIpc) is 2.81. The predicted octanol–water partition coefficient (Wildman–Crippen LogP) is 2.30. The Morgan fingerprint density at radius 2 is 2.33 bits per heavy atom. The first-order valence-corrected chi connectivity index (χ1v) is 8.19. The molecule has 0 saturated carbocycles. The molecule has 2 aliphatic rings. The molecule has 2 aliphatic heterocycles. The minimum atomic E-state index is -1.10. The number of rotatable bonds is 4. The van der Waals surface area contributed by atoms with Crippen LogP contribution < -0.4 is 9.47 Å². The van der Waals surface area contributed by atoms with Gasteiger partial charge in [-0.05, 0) is 29.9 Å². The summed E-state index contributed by atoms with van der Waals surface area (Å²) < 4.78 is 11.1. The lowest BCUT2D eigenvalue weighted by molar-refractivity contribution is -0.140. The minimum Gasteiger partial charge on any atom is -0.497 e. The Kier molecular flexibility index (Phi) is 4.59. The molecule has 1 fully saturated rings. The molecule has 2 heterocycles. The van der Waals surface area contributed by atoms with Crippen LogP contribution >= 0.6 is 24.0 Å². The van der Waals surface area contributed by atoms with Crippen LogP contribution in [-0.4, -0.2) is 46.5 Å². The van der Waals surface area contributed by atoms with E-state index in [1.165, 1.54) is 0 Å². The molecule has 0 atom stereocenters. The van der Waals surface area contributed by atoms with Crippen molar-refractivity contribution in [2.45, 2.75) is 0 Å². The lowest BCUT2D eigenvalue weighted by atomic mass is 10.1. The smallest absolute Gasteiger partial charge is 0.323 e. The molecule has 1 aromatic rings. The number of thioether (sulfide) groups is 1. The molecule has 8 heteroatoms. The second-order valence-corrected chi connectivity index (χ2v) is 6.75. The van der Waals surface area contributed by atoms with Crippen LogP contribution in [0.25, 0.3) is 6.08 Å². The van der Waals surface area contributed by atoms with Crippen molar-refractivity contribution in [3.63, 3.8) is 0 Å². The number of benzene rings is 1. The van der Waals surface area contributed by atoms with Gasteiger partial charge in [-0.15, -0.1) is 0 Å².